The van der Waals surface area contributed by atoms with Crippen LogP contribution >= 0.6 is 0 Å². The van der Waals surface area contributed by atoms with E-state index in [-0.39, 0.29) is 0 Å². The van der Waals surface area contributed by atoms with Gasteiger partial charge < -0.3 is 10.1 Å². The van der Waals surface area contributed by atoms with Crippen LogP contribution in [-0.2, 0) is 4.74 Å². The standard InChI is InChI=1S/C13H30N2O/c1-6-9-15(12(2)3)13(4)11-14-8-7-10-16-5/h12-14H,6-11H2,1-5H3. The first kappa shape index (κ1) is 15.9. The second-order valence-corrected chi connectivity index (χ2v) is 4.73. The minimum absolute atomic E-state index is 0.613. The third-order valence-corrected chi connectivity index (χ3v) is 2.85. The molecule has 0 aromatic carbocycles. The molecule has 0 saturated heterocycles. The molecule has 0 aliphatic rings. The minimum Gasteiger partial charge on any atom is -0.385 e. The number of hydrogen-bond acceptors (Lipinski definition) is 3. The number of nitrogens with one attached hydrogen (secondary N) is 1. The van der Waals surface area contributed by atoms with Crippen molar-refractivity contribution in [1.29, 1.82) is 0 Å². The molecule has 0 radical (unpaired) electrons. The summed E-state index contributed by atoms with van der Waals surface area (Å²) in [6.45, 7) is 13.3. The van der Waals surface area contributed by atoms with E-state index in [0.29, 0.717) is 12.1 Å². The van der Waals surface area contributed by atoms with Gasteiger partial charge >= 0.3 is 0 Å². The Balaban J connectivity index is 3.69. The lowest BCUT2D eigenvalue weighted by Gasteiger charge is -2.32. The van der Waals surface area contributed by atoms with Crippen molar-refractivity contribution >= 4 is 0 Å². The molecule has 98 valence electrons. The van der Waals surface area contributed by atoms with Crippen molar-refractivity contribution in [3.8, 4) is 0 Å². The normalized spacial score (nSPS) is 13.7. The van der Waals surface area contributed by atoms with Gasteiger partial charge in [0.05, 0.1) is 0 Å². The zero-order chi connectivity index (χ0) is 12.4. The molecular weight excluding hydrogens is 200 g/mol. The first-order chi connectivity index (χ1) is 7.63. The van der Waals surface area contributed by atoms with Gasteiger partial charge in [-0.15, -0.1) is 0 Å². The zero-order valence-corrected chi connectivity index (χ0v) is 11.8. The molecule has 0 saturated carbocycles. The maximum atomic E-state index is 5.02. The predicted molar refractivity (Wildman–Crippen MR) is 71.0 cm³/mol. The van der Waals surface area contributed by atoms with Crippen LogP contribution < -0.4 is 5.32 Å². The van der Waals surface area contributed by atoms with Crippen LogP contribution in [0.4, 0.5) is 0 Å². The Kier molecular flexibility index (Phi) is 9.99. The molecule has 1 atom stereocenters. The second kappa shape index (κ2) is 10.1. The van der Waals surface area contributed by atoms with Crippen LogP contribution in [-0.4, -0.2) is 50.3 Å². The van der Waals surface area contributed by atoms with E-state index in [1.165, 1.54) is 13.0 Å². The Morgan fingerprint density at radius 2 is 1.94 bits per heavy atom. The van der Waals surface area contributed by atoms with E-state index < -0.39 is 0 Å². The van der Waals surface area contributed by atoms with E-state index in [9.17, 15) is 0 Å². The molecule has 1 unspecified atom stereocenters. The van der Waals surface area contributed by atoms with Crippen molar-refractivity contribution in [1.82, 2.24) is 10.2 Å². The number of hydrogen-bond donors (Lipinski definition) is 1. The van der Waals surface area contributed by atoms with Crippen molar-refractivity contribution < 1.29 is 4.74 Å². The predicted octanol–water partition coefficient (Wildman–Crippen LogP) is 2.12. The highest BCUT2D eigenvalue weighted by Gasteiger charge is 2.15. The summed E-state index contributed by atoms with van der Waals surface area (Å²) in [6, 6.07) is 1.25. The first-order valence-corrected chi connectivity index (χ1v) is 6.58. The summed E-state index contributed by atoms with van der Waals surface area (Å²) in [5.41, 5.74) is 0. The van der Waals surface area contributed by atoms with Crippen molar-refractivity contribution in [3.63, 3.8) is 0 Å². The molecule has 1 N–H and O–H groups in total. The minimum atomic E-state index is 0.613. The number of rotatable bonds is 10. The van der Waals surface area contributed by atoms with Crippen LogP contribution in [0.25, 0.3) is 0 Å². The van der Waals surface area contributed by atoms with E-state index in [1.54, 1.807) is 7.11 Å². The molecule has 16 heavy (non-hydrogen) atoms. The van der Waals surface area contributed by atoms with Gasteiger partial charge in [0.25, 0.3) is 0 Å². The molecule has 0 aliphatic heterocycles. The van der Waals surface area contributed by atoms with E-state index in [4.69, 9.17) is 4.74 Å². The largest absolute Gasteiger partial charge is 0.385 e. The second-order valence-electron chi connectivity index (χ2n) is 4.73. The molecule has 3 heteroatoms. The Labute approximate surface area is 102 Å². The number of ether oxygens (including phenoxy) is 1. The highest BCUT2D eigenvalue weighted by atomic mass is 16.5. The van der Waals surface area contributed by atoms with E-state index in [2.05, 4.69) is 37.9 Å². The third kappa shape index (κ3) is 7.20. The summed E-state index contributed by atoms with van der Waals surface area (Å²) in [6.07, 6.45) is 2.32. The molecule has 0 amide bonds. The maximum absolute atomic E-state index is 5.02. The quantitative estimate of drug-likeness (QED) is 0.582. The highest BCUT2D eigenvalue weighted by Crippen LogP contribution is 2.05. The molecule has 0 aliphatic carbocycles. The van der Waals surface area contributed by atoms with Crippen molar-refractivity contribution in [3.05, 3.63) is 0 Å². The summed E-state index contributed by atoms with van der Waals surface area (Å²) in [5.74, 6) is 0. The lowest BCUT2D eigenvalue weighted by atomic mass is 10.2. The van der Waals surface area contributed by atoms with Gasteiger partial charge in [-0.25, -0.2) is 0 Å². The molecular formula is C13H30N2O. The van der Waals surface area contributed by atoms with Crippen LogP contribution in [0.5, 0.6) is 0 Å². The molecule has 0 spiro atoms. The summed E-state index contributed by atoms with van der Waals surface area (Å²) in [7, 11) is 1.75. The van der Waals surface area contributed by atoms with Gasteiger partial charge in [0.2, 0.25) is 0 Å². The lowest BCUT2D eigenvalue weighted by Crippen LogP contribution is -2.44. The van der Waals surface area contributed by atoms with Gasteiger partial charge in [-0.2, -0.15) is 0 Å². The number of methoxy groups -OCH3 is 1. The summed E-state index contributed by atoms with van der Waals surface area (Å²) in [4.78, 5) is 2.56. The van der Waals surface area contributed by atoms with Crippen LogP contribution in [0.1, 0.15) is 40.5 Å². The van der Waals surface area contributed by atoms with Crippen LogP contribution in [0.2, 0.25) is 0 Å². The van der Waals surface area contributed by atoms with Gasteiger partial charge in [0.1, 0.15) is 0 Å². The van der Waals surface area contributed by atoms with Gasteiger partial charge in [-0.05, 0) is 46.7 Å². The topological polar surface area (TPSA) is 24.5 Å². The van der Waals surface area contributed by atoms with E-state index in [0.717, 1.165) is 26.1 Å². The smallest absolute Gasteiger partial charge is 0.0474 e. The van der Waals surface area contributed by atoms with Gasteiger partial charge in [-0.1, -0.05) is 6.92 Å². The molecule has 0 aromatic heterocycles. The van der Waals surface area contributed by atoms with E-state index in [1.807, 2.05) is 0 Å². The molecule has 0 heterocycles. The average molecular weight is 230 g/mol. The number of nitrogens with zero attached hydrogens (tertiary/aromatic N) is 1. The van der Waals surface area contributed by atoms with Crippen LogP contribution in [0.15, 0.2) is 0 Å². The monoisotopic (exact) mass is 230 g/mol. The molecule has 0 rings (SSSR count). The summed E-state index contributed by atoms with van der Waals surface area (Å²) >= 11 is 0. The van der Waals surface area contributed by atoms with Crippen LogP contribution in [0.3, 0.4) is 0 Å². The van der Waals surface area contributed by atoms with Gasteiger partial charge in [0, 0.05) is 32.3 Å². The lowest BCUT2D eigenvalue weighted by molar-refractivity contribution is 0.158. The van der Waals surface area contributed by atoms with Crippen molar-refractivity contribution in [2.45, 2.75) is 52.6 Å². The Morgan fingerprint density at radius 1 is 1.25 bits per heavy atom. The zero-order valence-electron chi connectivity index (χ0n) is 11.8. The fourth-order valence-electron chi connectivity index (χ4n) is 2.02. The first-order valence-electron chi connectivity index (χ1n) is 6.58. The maximum Gasteiger partial charge on any atom is 0.0474 e. The molecule has 0 bridgehead atoms. The highest BCUT2D eigenvalue weighted by molar-refractivity contribution is 4.72. The third-order valence-electron chi connectivity index (χ3n) is 2.85. The Hall–Kier alpha value is -0.120. The van der Waals surface area contributed by atoms with Crippen molar-refractivity contribution in [2.75, 3.05) is 33.4 Å². The average Bonchev–Trinajstić information content (AvgIpc) is 2.24. The van der Waals surface area contributed by atoms with Crippen molar-refractivity contribution in [2.24, 2.45) is 0 Å². The SMILES string of the molecule is CCCN(C(C)C)C(C)CNCCCOC. The Morgan fingerprint density at radius 3 is 2.44 bits per heavy atom. The molecule has 0 aromatic rings. The van der Waals surface area contributed by atoms with Gasteiger partial charge in [-0.3, -0.25) is 4.90 Å². The molecule has 3 nitrogen and oxygen atoms in total. The van der Waals surface area contributed by atoms with Gasteiger partial charge in [0.15, 0.2) is 0 Å². The van der Waals surface area contributed by atoms with E-state index >= 15 is 0 Å². The molecule has 0 fully saturated rings. The fourth-order valence-corrected chi connectivity index (χ4v) is 2.02. The summed E-state index contributed by atoms with van der Waals surface area (Å²) in [5, 5.41) is 3.49. The fraction of sp³-hybridized carbons (Fsp3) is 1.00. The Bertz CT molecular complexity index is 151. The summed E-state index contributed by atoms with van der Waals surface area (Å²) < 4.78 is 5.02. The van der Waals surface area contributed by atoms with Crippen LogP contribution in [0, 0.1) is 0 Å².